The Balaban J connectivity index is 2.70. The highest BCUT2D eigenvalue weighted by Crippen LogP contribution is 2.14. The van der Waals surface area contributed by atoms with Crippen LogP contribution in [0.1, 0.15) is 39.5 Å². The van der Waals surface area contributed by atoms with Crippen molar-refractivity contribution < 1.29 is 0 Å². The van der Waals surface area contributed by atoms with Gasteiger partial charge >= 0.3 is 0 Å². The van der Waals surface area contributed by atoms with Crippen LogP contribution in [-0.4, -0.2) is 4.57 Å². The van der Waals surface area contributed by atoms with Crippen LogP contribution < -0.4 is 11.3 Å². The van der Waals surface area contributed by atoms with Gasteiger partial charge in [-0.05, 0) is 24.5 Å². The number of aromatic nitrogens is 1. The molecule has 0 bridgehead atoms. The van der Waals surface area contributed by atoms with E-state index in [-0.39, 0.29) is 5.56 Å². The Morgan fingerprint density at radius 2 is 2.19 bits per heavy atom. The van der Waals surface area contributed by atoms with E-state index in [9.17, 15) is 4.79 Å². The summed E-state index contributed by atoms with van der Waals surface area (Å²) in [6.45, 7) is 5.16. The van der Waals surface area contributed by atoms with Crippen molar-refractivity contribution in [3.8, 4) is 0 Å². The van der Waals surface area contributed by atoms with E-state index in [1.807, 2.05) is 12.3 Å². The first-order chi connectivity index (χ1) is 7.69. The van der Waals surface area contributed by atoms with Crippen molar-refractivity contribution in [3.63, 3.8) is 0 Å². The highest BCUT2D eigenvalue weighted by molar-refractivity contribution is 5.33. The van der Waals surface area contributed by atoms with Gasteiger partial charge in [0.15, 0.2) is 0 Å². The number of unbranched alkanes of at least 4 members (excludes halogenated alkanes) is 1. The predicted octanol–water partition coefficient (Wildman–Crippen LogP) is 2.65. The molecule has 1 aromatic rings. The van der Waals surface area contributed by atoms with E-state index in [2.05, 4.69) is 13.8 Å². The third-order valence-corrected chi connectivity index (χ3v) is 3.05. The number of nitrogens with two attached hydrogens (primary N) is 1. The molecule has 3 nitrogen and oxygen atoms in total. The van der Waals surface area contributed by atoms with Gasteiger partial charge in [0, 0.05) is 12.7 Å². The zero-order valence-electron chi connectivity index (χ0n) is 10.3. The fourth-order valence-electron chi connectivity index (χ4n) is 1.89. The van der Waals surface area contributed by atoms with Crippen LogP contribution in [0, 0.1) is 5.92 Å². The highest BCUT2D eigenvalue weighted by Gasteiger charge is 2.08. The molecule has 1 unspecified atom stereocenters. The quantitative estimate of drug-likeness (QED) is 0.804. The van der Waals surface area contributed by atoms with Crippen molar-refractivity contribution in [1.29, 1.82) is 0 Å². The average Bonchev–Trinajstić information content (AvgIpc) is 2.30. The van der Waals surface area contributed by atoms with E-state index in [0.717, 1.165) is 13.0 Å². The molecule has 0 radical (unpaired) electrons. The molecule has 0 saturated heterocycles. The molecule has 0 aliphatic rings. The number of anilines is 1. The van der Waals surface area contributed by atoms with E-state index in [1.165, 1.54) is 19.3 Å². The number of nitrogens with zero attached hydrogens (tertiary/aromatic N) is 1. The molecule has 0 aliphatic heterocycles. The second-order valence-corrected chi connectivity index (χ2v) is 4.34. The first kappa shape index (κ1) is 12.8. The van der Waals surface area contributed by atoms with Gasteiger partial charge in [-0.3, -0.25) is 4.79 Å². The van der Waals surface area contributed by atoms with Crippen molar-refractivity contribution in [2.24, 2.45) is 5.92 Å². The zero-order valence-corrected chi connectivity index (χ0v) is 10.3. The van der Waals surface area contributed by atoms with Crippen molar-refractivity contribution in [3.05, 3.63) is 28.7 Å². The van der Waals surface area contributed by atoms with Crippen LogP contribution in [0.2, 0.25) is 0 Å². The zero-order chi connectivity index (χ0) is 12.0. The van der Waals surface area contributed by atoms with Crippen LogP contribution in [-0.2, 0) is 6.54 Å². The third-order valence-electron chi connectivity index (χ3n) is 3.05. The van der Waals surface area contributed by atoms with Crippen LogP contribution in [0.4, 0.5) is 5.69 Å². The van der Waals surface area contributed by atoms with Gasteiger partial charge in [0.05, 0.1) is 5.69 Å². The molecule has 0 aliphatic carbocycles. The molecule has 90 valence electrons. The van der Waals surface area contributed by atoms with Crippen molar-refractivity contribution in [2.75, 3.05) is 5.73 Å². The Bertz CT molecular complexity index is 370. The number of hydrogen-bond acceptors (Lipinski definition) is 2. The summed E-state index contributed by atoms with van der Waals surface area (Å²) in [7, 11) is 0. The second kappa shape index (κ2) is 6.36. The minimum Gasteiger partial charge on any atom is -0.394 e. The summed E-state index contributed by atoms with van der Waals surface area (Å²) in [5.74, 6) is 0.583. The summed E-state index contributed by atoms with van der Waals surface area (Å²) in [5, 5.41) is 0. The standard InChI is InChI=1S/C13H22N2O/c1-3-5-7-11(4-2)10-15-9-6-8-12(14)13(15)16/h6,8-9,11H,3-5,7,10,14H2,1-2H3. The van der Waals surface area contributed by atoms with E-state index in [4.69, 9.17) is 5.73 Å². The topological polar surface area (TPSA) is 48.0 Å². The molecule has 2 N–H and O–H groups in total. The lowest BCUT2D eigenvalue weighted by atomic mass is 9.99. The number of rotatable bonds is 6. The normalized spacial score (nSPS) is 12.6. The summed E-state index contributed by atoms with van der Waals surface area (Å²) in [5.41, 5.74) is 5.89. The molecule has 0 aromatic carbocycles. The summed E-state index contributed by atoms with van der Waals surface area (Å²) < 4.78 is 1.74. The summed E-state index contributed by atoms with van der Waals surface area (Å²) >= 11 is 0. The van der Waals surface area contributed by atoms with Crippen molar-refractivity contribution >= 4 is 5.69 Å². The molecule has 1 rings (SSSR count). The van der Waals surface area contributed by atoms with E-state index >= 15 is 0 Å². The van der Waals surface area contributed by atoms with E-state index in [1.54, 1.807) is 10.6 Å². The molecule has 1 heterocycles. The minimum atomic E-state index is -0.0579. The molecular weight excluding hydrogens is 200 g/mol. The summed E-state index contributed by atoms with van der Waals surface area (Å²) in [6, 6.07) is 3.50. The molecule has 0 spiro atoms. The van der Waals surface area contributed by atoms with Gasteiger partial charge in [-0.2, -0.15) is 0 Å². The lowest BCUT2D eigenvalue weighted by Gasteiger charge is -2.16. The molecule has 1 aromatic heterocycles. The van der Waals surface area contributed by atoms with Crippen molar-refractivity contribution in [1.82, 2.24) is 4.57 Å². The predicted molar refractivity (Wildman–Crippen MR) is 68.4 cm³/mol. The lowest BCUT2D eigenvalue weighted by Crippen LogP contribution is -2.25. The maximum atomic E-state index is 11.7. The van der Waals surface area contributed by atoms with Gasteiger partial charge in [-0.15, -0.1) is 0 Å². The van der Waals surface area contributed by atoms with Crippen LogP contribution >= 0.6 is 0 Å². The maximum Gasteiger partial charge on any atom is 0.273 e. The lowest BCUT2D eigenvalue weighted by molar-refractivity contribution is 0.386. The van der Waals surface area contributed by atoms with Crippen LogP contribution in [0.25, 0.3) is 0 Å². The Labute approximate surface area is 97.3 Å². The number of pyridine rings is 1. The number of hydrogen-bond donors (Lipinski definition) is 1. The molecular formula is C13H22N2O. The van der Waals surface area contributed by atoms with Gasteiger partial charge < -0.3 is 10.3 Å². The van der Waals surface area contributed by atoms with Crippen molar-refractivity contribution in [2.45, 2.75) is 46.1 Å². The van der Waals surface area contributed by atoms with Gasteiger partial charge in [0.1, 0.15) is 0 Å². The van der Waals surface area contributed by atoms with Crippen LogP contribution in [0.15, 0.2) is 23.1 Å². The first-order valence-corrected chi connectivity index (χ1v) is 6.14. The molecule has 0 amide bonds. The summed E-state index contributed by atoms with van der Waals surface area (Å²) in [4.78, 5) is 11.7. The third kappa shape index (κ3) is 3.40. The Kier molecular flexibility index (Phi) is 5.09. The maximum absolute atomic E-state index is 11.7. The second-order valence-electron chi connectivity index (χ2n) is 4.34. The number of nitrogen functional groups attached to an aromatic ring is 1. The van der Waals surface area contributed by atoms with Gasteiger partial charge in [0.25, 0.3) is 5.56 Å². The van der Waals surface area contributed by atoms with Gasteiger partial charge in [0.2, 0.25) is 0 Å². The average molecular weight is 222 g/mol. The monoisotopic (exact) mass is 222 g/mol. The molecule has 0 fully saturated rings. The van der Waals surface area contributed by atoms with E-state index < -0.39 is 0 Å². The van der Waals surface area contributed by atoms with Gasteiger partial charge in [-0.1, -0.05) is 33.1 Å². The first-order valence-electron chi connectivity index (χ1n) is 6.14. The van der Waals surface area contributed by atoms with Crippen LogP contribution in [0.3, 0.4) is 0 Å². The Morgan fingerprint density at radius 1 is 1.44 bits per heavy atom. The Morgan fingerprint density at radius 3 is 2.81 bits per heavy atom. The SMILES string of the molecule is CCCCC(CC)Cn1cccc(N)c1=O. The Hall–Kier alpha value is -1.25. The van der Waals surface area contributed by atoms with Crippen LogP contribution in [0.5, 0.6) is 0 Å². The fourth-order valence-corrected chi connectivity index (χ4v) is 1.89. The minimum absolute atomic E-state index is 0.0579. The molecule has 1 atom stereocenters. The highest BCUT2D eigenvalue weighted by atomic mass is 16.1. The molecule has 0 saturated carbocycles. The van der Waals surface area contributed by atoms with E-state index in [0.29, 0.717) is 11.6 Å². The van der Waals surface area contributed by atoms with Gasteiger partial charge in [-0.25, -0.2) is 0 Å². The summed E-state index contributed by atoms with van der Waals surface area (Å²) in [6.07, 6.45) is 6.57. The molecule has 16 heavy (non-hydrogen) atoms. The largest absolute Gasteiger partial charge is 0.394 e. The molecule has 3 heteroatoms. The smallest absolute Gasteiger partial charge is 0.273 e. The fraction of sp³-hybridized carbons (Fsp3) is 0.615.